The second-order valence-electron chi connectivity index (χ2n) is 5.65. The Labute approximate surface area is 136 Å². The molecule has 1 N–H and O–H groups in total. The highest BCUT2D eigenvalue weighted by molar-refractivity contribution is 5.82. The Morgan fingerprint density at radius 2 is 1.91 bits per heavy atom. The van der Waals surface area contributed by atoms with Crippen LogP contribution < -0.4 is 10.1 Å². The van der Waals surface area contributed by atoms with Crippen molar-refractivity contribution in [1.82, 2.24) is 5.32 Å². The molecule has 0 bridgehead atoms. The summed E-state index contributed by atoms with van der Waals surface area (Å²) in [4.78, 5) is 12.1. The summed E-state index contributed by atoms with van der Waals surface area (Å²) in [6, 6.07) is 17.6. The molecule has 0 aliphatic heterocycles. The number of nitrogens with one attached hydrogen (secondary N) is 1. The van der Waals surface area contributed by atoms with E-state index >= 15 is 0 Å². The molecule has 2 atom stereocenters. The van der Waals surface area contributed by atoms with Crippen LogP contribution in [0.2, 0.25) is 0 Å². The monoisotopic (exact) mass is 305 g/mol. The molecule has 3 rings (SSSR count). The number of carbonyl (C=O) groups is 1. The van der Waals surface area contributed by atoms with E-state index in [9.17, 15) is 4.79 Å². The summed E-state index contributed by atoms with van der Waals surface area (Å²) in [5, 5.41) is 2.98. The van der Waals surface area contributed by atoms with Crippen molar-refractivity contribution in [2.24, 2.45) is 11.8 Å². The van der Waals surface area contributed by atoms with Gasteiger partial charge in [-0.15, -0.1) is 0 Å². The van der Waals surface area contributed by atoms with Crippen LogP contribution in [0.5, 0.6) is 5.75 Å². The molecule has 0 spiro atoms. The van der Waals surface area contributed by atoms with E-state index in [1.807, 2.05) is 54.6 Å². The molecule has 3 heteroatoms. The molecule has 1 amide bonds. The quantitative estimate of drug-likeness (QED) is 0.882. The average Bonchev–Trinajstić information content (AvgIpc) is 3.39. The van der Waals surface area contributed by atoms with Gasteiger partial charge in [0.25, 0.3) is 0 Å². The molecule has 3 nitrogen and oxygen atoms in total. The molecule has 23 heavy (non-hydrogen) atoms. The highest BCUT2D eigenvalue weighted by Gasteiger charge is 2.41. The number of rotatable bonds is 4. The van der Waals surface area contributed by atoms with Crippen LogP contribution in [0.3, 0.4) is 0 Å². The van der Waals surface area contributed by atoms with Gasteiger partial charge in [-0.05, 0) is 36.2 Å². The van der Waals surface area contributed by atoms with Gasteiger partial charge in [0.05, 0.1) is 13.0 Å². The third kappa shape index (κ3) is 4.14. The number of amides is 1. The van der Waals surface area contributed by atoms with Crippen molar-refractivity contribution in [3.05, 3.63) is 65.7 Å². The maximum Gasteiger partial charge on any atom is 0.224 e. The summed E-state index contributed by atoms with van der Waals surface area (Å²) in [6.45, 7) is 0.540. The van der Waals surface area contributed by atoms with Gasteiger partial charge in [-0.1, -0.05) is 42.2 Å². The van der Waals surface area contributed by atoms with Crippen LogP contribution in [0, 0.1) is 23.7 Å². The van der Waals surface area contributed by atoms with Gasteiger partial charge in [0, 0.05) is 18.0 Å². The minimum atomic E-state index is 0.0319. The first-order chi connectivity index (χ1) is 11.3. The van der Waals surface area contributed by atoms with Crippen LogP contribution in [0.25, 0.3) is 0 Å². The number of benzene rings is 2. The van der Waals surface area contributed by atoms with Gasteiger partial charge < -0.3 is 10.1 Å². The van der Waals surface area contributed by atoms with Gasteiger partial charge in [0.1, 0.15) is 5.75 Å². The average molecular weight is 305 g/mol. The van der Waals surface area contributed by atoms with Crippen LogP contribution in [-0.4, -0.2) is 13.0 Å². The minimum absolute atomic E-state index is 0.0319. The second kappa shape index (κ2) is 7.02. The van der Waals surface area contributed by atoms with Crippen molar-refractivity contribution in [3.8, 4) is 17.6 Å². The van der Waals surface area contributed by atoms with E-state index in [2.05, 4.69) is 17.2 Å². The predicted octanol–water partition coefficient (Wildman–Crippen LogP) is 3.00. The minimum Gasteiger partial charge on any atom is -0.497 e. The van der Waals surface area contributed by atoms with Crippen molar-refractivity contribution in [3.63, 3.8) is 0 Å². The zero-order valence-electron chi connectivity index (χ0n) is 13.1. The first-order valence-corrected chi connectivity index (χ1v) is 7.73. The standard InChI is InChI=1S/C20H19NO2/c1-23-18-11-8-16(9-12-18)14-21-20(22)19-13-17(19)10-7-15-5-3-2-4-6-15/h2-6,8-9,11-12,17,19H,13-14H2,1H3,(H,21,22)/t17-,19-/m0/s1. The zero-order chi connectivity index (χ0) is 16.1. The van der Waals surface area contributed by atoms with Gasteiger partial charge in [-0.25, -0.2) is 0 Å². The lowest BCUT2D eigenvalue weighted by Gasteiger charge is -2.05. The van der Waals surface area contributed by atoms with Gasteiger partial charge in [0.2, 0.25) is 5.91 Å². The molecule has 0 heterocycles. The summed E-state index contributed by atoms with van der Waals surface area (Å²) in [6.07, 6.45) is 0.855. The summed E-state index contributed by atoms with van der Waals surface area (Å²) < 4.78 is 5.12. The smallest absolute Gasteiger partial charge is 0.224 e. The second-order valence-corrected chi connectivity index (χ2v) is 5.65. The molecule has 1 saturated carbocycles. The Morgan fingerprint density at radius 3 is 2.61 bits per heavy atom. The molecule has 0 radical (unpaired) electrons. The Morgan fingerprint density at radius 1 is 1.17 bits per heavy atom. The number of hydrogen-bond donors (Lipinski definition) is 1. The van der Waals surface area contributed by atoms with Crippen LogP contribution in [0.1, 0.15) is 17.5 Å². The molecule has 2 aromatic carbocycles. The number of hydrogen-bond acceptors (Lipinski definition) is 2. The first kappa shape index (κ1) is 15.2. The van der Waals surface area contributed by atoms with Gasteiger partial charge >= 0.3 is 0 Å². The van der Waals surface area contributed by atoms with E-state index in [-0.39, 0.29) is 17.7 Å². The highest BCUT2D eigenvalue weighted by Crippen LogP contribution is 2.38. The summed E-state index contributed by atoms with van der Waals surface area (Å²) in [5.74, 6) is 7.45. The first-order valence-electron chi connectivity index (χ1n) is 7.73. The van der Waals surface area contributed by atoms with Crippen molar-refractivity contribution in [2.75, 3.05) is 7.11 Å². The van der Waals surface area contributed by atoms with Gasteiger partial charge in [-0.3, -0.25) is 4.79 Å². The SMILES string of the molecule is COc1ccc(CNC(=O)[C@H]2C[C@@H]2C#Cc2ccccc2)cc1. The molecule has 1 aliphatic carbocycles. The third-order valence-corrected chi connectivity index (χ3v) is 3.93. The summed E-state index contributed by atoms with van der Waals surface area (Å²) in [5.41, 5.74) is 2.06. The van der Waals surface area contributed by atoms with Crippen molar-refractivity contribution in [2.45, 2.75) is 13.0 Å². The molecule has 0 saturated heterocycles. The summed E-state index contributed by atoms with van der Waals surface area (Å²) in [7, 11) is 1.64. The lowest BCUT2D eigenvalue weighted by atomic mass is 10.2. The highest BCUT2D eigenvalue weighted by atomic mass is 16.5. The zero-order valence-corrected chi connectivity index (χ0v) is 13.1. The van der Waals surface area contributed by atoms with E-state index in [0.717, 1.165) is 23.3 Å². The van der Waals surface area contributed by atoms with E-state index in [1.54, 1.807) is 7.11 Å². The van der Waals surface area contributed by atoms with Crippen LogP contribution >= 0.6 is 0 Å². The fourth-order valence-electron chi connectivity index (χ4n) is 2.41. The fourth-order valence-corrected chi connectivity index (χ4v) is 2.41. The molecule has 0 unspecified atom stereocenters. The Kier molecular flexibility index (Phi) is 4.63. The molecule has 1 fully saturated rings. The Balaban J connectivity index is 1.48. The van der Waals surface area contributed by atoms with Gasteiger partial charge in [0.15, 0.2) is 0 Å². The number of methoxy groups -OCH3 is 1. The molecule has 116 valence electrons. The maximum absolute atomic E-state index is 12.1. The molecule has 0 aromatic heterocycles. The van der Waals surface area contributed by atoms with Crippen molar-refractivity contribution < 1.29 is 9.53 Å². The molecular formula is C20H19NO2. The Bertz CT molecular complexity index is 726. The predicted molar refractivity (Wildman–Crippen MR) is 89.8 cm³/mol. The lowest BCUT2D eigenvalue weighted by Crippen LogP contribution is -2.24. The van der Waals surface area contributed by atoms with Gasteiger partial charge in [-0.2, -0.15) is 0 Å². The van der Waals surface area contributed by atoms with E-state index in [4.69, 9.17) is 4.74 Å². The maximum atomic E-state index is 12.1. The van der Waals surface area contributed by atoms with Crippen molar-refractivity contribution in [1.29, 1.82) is 0 Å². The summed E-state index contributed by atoms with van der Waals surface area (Å²) >= 11 is 0. The van der Waals surface area contributed by atoms with Crippen molar-refractivity contribution >= 4 is 5.91 Å². The lowest BCUT2D eigenvalue weighted by molar-refractivity contribution is -0.122. The Hall–Kier alpha value is -2.73. The molecule has 2 aromatic rings. The molecular weight excluding hydrogens is 286 g/mol. The van der Waals surface area contributed by atoms with Crippen LogP contribution in [0.4, 0.5) is 0 Å². The molecule has 1 aliphatic rings. The van der Waals surface area contributed by atoms with E-state index in [1.165, 1.54) is 0 Å². The topological polar surface area (TPSA) is 38.3 Å². The number of carbonyl (C=O) groups excluding carboxylic acids is 1. The fraction of sp³-hybridized carbons (Fsp3) is 0.250. The normalized spacial score (nSPS) is 18.5. The van der Waals surface area contributed by atoms with Crippen LogP contribution in [0.15, 0.2) is 54.6 Å². The van der Waals surface area contributed by atoms with E-state index in [0.29, 0.717) is 6.54 Å². The van der Waals surface area contributed by atoms with Crippen LogP contribution in [-0.2, 0) is 11.3 Å². The third-order valence-electron chi connectivity index (χ3n) is 3.93. The number of ether oxygens (including phenoxy) is 1. The largest absolute Gasteiger partial charge is 0.497 e. The van der Waals surface area contributed by atoms with E-state index < -0.39 is 0 Å².